The molecule has 0 saturated heterocycles. The van der Waals surface area contributed by atoms with Gasteiger partial charge in [0.15, 0.2) is 0 Å². The van der Waals surface area contributed by atoms with E-state index in [1.165, 1.54) is 11.3 Å². The third-order valence-electron chi connectivity index (χ3n) is 2.85. The van der Waals surface area contributed by atoms with Gasteiger partial charge < -0.3 is 15.2 Å². The minimum atomic E-state index is -0.935. The van der Waals surface area contributed by atoms with Crippen molar-refractivity contribution in [1.29, 1.82) is 0 Å². The summed E-state index contributed by atoms with van der Waals surface area (Å²) < 4.78 is 5.28. The van der Waals surface area contributed by atoms with Crippen molar-refractivity contribution in [3.05, 3.63) is 52.5 Å². The second-order valence-electron chi connectivity index (χ2n) is 5.85. The Kier molecular flexibility index (Phi) is 5.15. The number of aliphatic hydroxyl groups excluding tert-OH is 1. The van der Waals surface area contributed by atoms with E-state index in [-0.39, 0.29) is 0 Å². The summed E-state index contributed by atoms with van der Waals surface area (Å²) in [6.45, 7) is 5.38. The van der Waals surface area contributed by atoms with Crippen molar-refractivity contribution in [2.75, 3.05) is 0 Å². The minimum absolute atomic E-state index is 0.546. The number of aromatic nitrogens is 1. The average molecular weight is 320 g/mol. The van der Waals surface area contributed by atoms with Crippen LogP contribution >= 0.6 is 11.3 Å². The van der Waals surface area contributed by atoms with E-state index in [9.17, 15) is 9.90 Å². The molecule has 2 aromatic rings. The van der Waals surface area contributed by atoms with Crippen LogP contribution in [-0.2, 0) is 4.74 Å². The first-order valence-electron chi connectivity index (χ1n) is 6.99. The van der Waals surface area contributed by atoms with E-state index < -0.39 is 23.8 Å². The van der Waals surface area contributed by atoms with Gasteiger partial charge in [0, 0.05) is 11.6 Å². The fourth-order valence-electron chi connectivity index (χ4n) is 1.96. The number of nitrogens with zero attached hydrogens (tertiary/aromatic N) is 1. The van der Waals surface area contributed by atoms with Crippen LogP contribution in [0.1, 0.15) is 43.5 Å². The zero-order valence-electron chi connectivity index (χ0n) is 12.8. The Hall–Kier alpha value is -1.92. The Morgan fingerprint density at radius 3 is 2.55 bits per heavy atom. The third kappa shape index (κ3) is 4.54. The third-order valence-corrected chi connectivity index (χ3v) is 3.70. The second kappa shape index (κ2) is 6.89. The van der Waals surface area contributed by atoms with Crippen LogP contribution in [0.3, 0.4) is 0 Å². The number of hydrogen-bond acceptors (Lipinski definition) is 5. The largest absolute Gasteiger partial charge is 0.444 e. The monoisotopic (exact) mass is 320 g/mol. The fourth-order valence-corrected chi connectivity index (χ4v) is 2.62. The van der Waals surface area contributed by atoms with Crippen LogP contribution in [0.15, 0.2) is 41.9 Å². The molecule has 0 radical (unpaired) electrons. The standard InChI is InChI=1S/C16H20N2O3S/c1-16(2,3)21-15(20)18-12(11-7-5-4-6-8-11)13(19)14-17-9-10-22-14/h4-10,12-13,19H,1-3H3,(H,18,20)/t12-,13+/m0/s1. The first-order chi connectivity index (χ1) is 10.4. The highest BCUT2D eigenvalue weighted by Crippen LogP contribution is 2.30. The molecule has 118 valence electrons. The Bertz CT molecular complexity index is 594. The van der Waals surface area contributed by atoms with Gasteiger partial charge in [0.05, 0.1) is 6.04 Å². The first-order valence-corrected chi connectivity index (χ1v) is 7.87. The first kappa shape index (κ1) is 16.5. The lowest BCUT2D eigenvalue weighted by Gasteiger charge is -2.26. The van der Waals surface area contributed by atoms with Crippen molar-refractivity contribution in [3.8, 4) is 0 Å². The molecule has 0 aliphatic heterocycles. The van der Waals surface area contributed by atoms with E-state index >= 15 is 0 Å². The van der Waals surface area contributed by atoms with Crippen LogP contribution in [0.5, 0.6) is 0 Å². The summed E-state index contributed by atoms with van der Waals surface area (Å²) in [4.78, 5) is 16.2. The number of aliphatic hydroxyl groups is 1. The van der Waals surface area contributed by atoms with Crippen molar-refractivity contribution in [1.82, 2.24) is 10.3 Å². The molecule has 0 saturated carbocycles. The molecular weight excluding hydrogens is 300 g/mol. The van der Waals surface area contributed by atoms with Gasteiger partial charge in [-0.05, 0) is 26.3 Å². The lowest BCUT2D eigenvalue weighted by Crippen LogP contribution is -2.37. The van der Waals surface area contributed by atoms with E-state index in [0.29, 0.717) is 5.01 Å². The highest BCUT2D eigenvalue weighted by atomic mass is 32.1. The number of ether oxygens (including phenoxy) is 1. The molecule has 0 unspecified atom stereocenters. The number of nitrogens with one attached hydrogen (secondary N) is 1. The molecule has 5 nitrogen and oxygen atoms in total. The summed E-state index contributed by atoms with van der Waals surface area (Å²) in [7, 11) is 0. The van der Waals surface area contributed by atoms with Crippen molar-refractivity contribution in [2.24, 2.45) is 0 Å². The van der Waals surface area contributed by atoms with Gasteiger partial charge in [0.1, 0.15) is 16.7 Å². The van der Waals surface area contributed by atoms with Gasteiger partial charge in [-0.25, -0.2) is 9.78 Å². The van der Waals surface area contributed by atoms with Crippen molar-refractivity contribution in [2.45, 2.75) is 38.5 Å². The summed E-state index contributed by atoms with van der Waals surface area (Å²) in [5.41, 5.74) is 0.188. The van der Waals surface area contributed by atoms with Crippen molar-refractivity contribution >= 4 is 17.4 Å². The molecule has 2 atom stereocenters. The topological polar surface area (TPSA) is 71.5 Å². The highest BCUT2D eigenvalue weighted by molar-refractivity contribution is 7.09. The van der Waals surface area contributed by atoms with Crippen LogP contribution in [0.25, 0.3) is 0 Å². The number of thiazole rings is 1. The number of rotatable bonds is 4. The molecule has 0 spiro atoms. The molecular formula is C16H20N2O3S. The Morgan fingerprint density at radius 1 is 1.32 bits per heavy atom. The maximum absolute atomic E-state index is 12.1. The van der Waals surface area contributed by atoms with Crippen LogP contribution < -0.4 is 5.32 Å². The number of carbonyl (C=O) groups excluding carboxylic acids is 1. The molecule has 22 heavy (non-hydrogen) atoms. The van der Waals surface area contributed by atoms with Gasteiger partial charge in [-0.2, -0.15) is 0 Å². The predicted molar refractivity (Wildman–Crippen MR) is 85.6 cm³/mol. The molecule has 1 amide bonds. The Morgan fingerprint density at radius 2 is 2.00 bits per heavy atom. The average Bonchev–Trinajstić information content (AvgIpc) is 2.97. The molecule has 1 aromatic heterocycles. The summed E-state index contributed by atoms with van der Waals surface area (Å²) in [6.07, 6.45) is 0.116. The van der Waals surface area contributed by atoms with Crippen molar-refractivity contribution < 1.29 is 14.6 Å². The molecule has 0 bridgehead atoms. The molecule has 1 heterocycles. The lowest BCUT2D eigenvalue weighted by atomic mass is 10.0. The lowest BCUT2D eigenvalue weighted by molar-refractivity contribution is 0.0419. The van der Waals surface area contributed by atoms with Crippen LogP contribution in [0.4, 0.5) is 4.79 Å². The number of hydrogen-bond donors (Lipinski definition) is 2. The summed E-state index contributed by atoms with van der Waals surface area (Å²) >= 11 is 1.34. The van der Waals surface area contributed by atoms with E-state index in [4.69, 9.17) is 4.74 Å². The number of benzene rings is 1. The number of carbonyl (C=O) groups is 1. The fraction of sp³-hybridized carbons (Fsp3) is 0.375. The Labute approximate surface area is 134 Å². The van der Waals surface area contributed by atoms with Gasteiger partial charge in [-0.15, -0.1) is 11.3 Å². The molecule has 2 N–H and O–H groups in total. The van der Waals surface area contributed by atoms with Gasteiger partial charge in [-0.3, -0.25) is 0 Å². The van der Waals surface area contributed by atoms with E-state index in [0.717, 1.165) is 5.56 Å². The maximum atomic E-state index is 12.1. The smallest absolute Gasteiger partial charge is 0.408 e. The van der Waals surface area contributed by atoms with Gasteiger partial charge in [0.2, 0.25) is 0 Å². The summed E-state index contributed by atoms with van der Waals surface area (Å²) in [5.74, 6) is 0. The zero-order chi connectivity index (χ0) is 16.2. The quantitative estimate of drug-likeness (QED) is 0.905. The SMILES string of the molecule is CC(C)(C)OC(=O)N[C@@H](c1ccccc1)[C@@H](O)c1nccs1. The summed E-state index contributed by atoms with van der Waals surface area (Å²) in [5, 5.41) is 15.6. The van der Waals surface area contributed by atoms with E-state index in [2.05, 4.69) is 10.3 Å². The van der Waals surface area contributed by atoms with Gasteiger partial charge in [-0.1, -0.05) is 30.3 Å². The molecule has 1 aromatic carbocycles. The van der Waals surface area contributed by atoms with Gasteiger partial charge >= 0.3 is 6.09 Å². The normalized spacial score (nSPS) is 14.2. The Balaban J connectivity index is 2.21. The van der Waals surface area contributed by atoms with Crippen molar-refractivity contribution in [3.63, 3.8) is 0 Å². The van der Waals surface area contributed by atoms with Crippen LogP contribution in [0, 0.1) is 0 Å². The predicted octanol–water partition coefficient (Wildman–Crippen LogP) is 3.44. The molecule has 0 aliphatic rings. The minimum Gasteiger partial charge on any atom is -0.444 e. The number of alkyl carbamates (subject to hydrolysis) is 1. The van der Waals surface area contributed by atoms with Crippen LogP contribution in [-0.4, -0.2) is 21.8 Å². The molecule has 2 rings (SSSR count). The maximum Gasteiger partial charge on any atom is 0.408 e. The highest BCUT2D eigenvalue weighted by Gasteiger charge is 2.28. The van der Waals surface area contributed by atoms with E-state index in [1.54, 1.807) is 32.3 Å². The van der Waals surface area contributed by atoms with Crippen LogP contribution in [0.2, 0.25) is 0 Å². The van der Waals surface area contributed by atoms with E-state index in [1.807, 2.05) is 30.3 Å². The van der Waals surface area contributed by atoms with Gasteiger partial charge in [0.25, 0.3) is 0 Å². The number of amides is 1. The second-order valence-corrected chi connectivity index (χ2v) is 6.78. The molecule has 6 heteroatoms. The zero-order valence-corrected chi connectivity index (χ0v) is 13.6. The summed E-state index contributed by atoms with van der Waals surface area (Å²) in [6, 6.07) is 8.66. The molecule has 0 fully saturated rings. The molecule has 0 aliphatic carbocycles.